The first-order valence-electron chi connectivity index (χ1n) is 7.62. The minimum atomic E-state index is -0.817. The van der Waals surface area contributed by atoms with Crippen LogP contribution in [0.2, 0.25) is 0 Å². The van der Waals surface area contributed by atoms with Crippen molar-refractivity contribution in [3.63, 3.8) is 0 Å². The molecule has 22 heavy (non-hydrogen) atoms. The van der Waals surface area contributed by atoms with Gasteiger partial charge in [-0.05, 0) is 43.9 Å². The summed E-state index contributed by atoms with van der Waals surface area (Å²) in [6.07, 6.45) is 1.97. The van der Waals surface area contributed by atoms with Crippen molar-refractivity contribution in [3.8, 4) is 0 Å². The lowest BCUT2D eigenvalue weighted by Crippen LogP contribution is -2.38. The molecule has 1 aromatic rings. The Hall–Kier alpha value is -1.36. The van der Waals surface area contributed by atoms with Crippen LogP contribution in [-0.2, 0) is 16.0 Å². The zero-order valence-electron chi connectivity index (χ0n) is 13.0. The Bertz CT molecular complexity index is 575. The molecule has 1 aliphatic rings. The molecule has 5 heteroatoms. The van der Waals surface area contributed by atoms with Gasteiger partial charge in [-0.2, -0.15) is 0 Å². The van der Waals surface area contributed by atoms with Gasteiger partial charge in [-0.25, -0.2) is 0 Å². The molecule has 0 bridgehead atoms. The standard InChI is InChI=1S/C17H22BrNO3/c1-3-13(9-12-5-4-6-14(18)10-12)15(20)19-8-7-17(2,11-19)16(21)22/h4-6,10,13H,3,7-9,11H2,1-2H3,(H,21,22). The molecule has 2 atom stereocenters. The van der Waals surface area contributed by atoms with Crippen molar-refractivity contribution in [2.24, 2.45) is 11.3 Å². The first-order chi connectivity index (χ1) is 10.4. The molecule has 1 heterocycles. The second-order valence-corrected chi connectivity index (χ2v) is 7.23. The van der Waals surface area contributed by atoms with Gasteiger partial charge in [0.15, 0.2) is 0 Å². The molecule has 1 aliphatic heterocycles. The van der Waals surface area contributed by atoms with Crippen LogP contribution in [0.15, 0.2) is 28.7 Å². The van der Waals surface area contributed by atoms with E-state index in [1.165, 1.54) is 0 Å². The largest absolute Gasteiger partial charge is 0.481 e. The van der Waals surface area contributed by atoms with Gasteiger partial charge < -0.3 is 10.0 Å². The van der Waals surface area contributed by atoms with E-state index in [-0.39, 0.29) is 11.8 Å². The molecule has 1 N–H and O–H groups in total. The Morgan fingerprint density at radius 3 is 2.73 bits per heavy atom. The summed E-state index contributed by atoms with van der Waals surface area (Å²) < 4.78 is 1.01. The maximum atomic E-state index is 12.7. The van der Waals surface area contributed by atoms with Crippen LogP contribution in [0.25, 0.3) is 0 Å². The summed E-state index contributed by atoms with van der Waals surface area (Å²) in [5.41, 5.74) is 0.318. The normalized spacial score (nSPS) is 22.6. The number of carboxylic acids is 1. The highest BCUT2D eigenvalue weighted by Gasteiger charge is 2.43. The van der Waals surface area contributed by atoms with Gasteiger partial charge in [0.1, 0.15) is 0 Å². The van der Waals surface area contributed by atoms with Gasteiger partial charge in [-0.3, -0.25) is 9.59 Å². The summed E-state index contributed by atoms with van der Waals surface area (Å²) in [6.45, 7) is 4.58. The van der Waals surface area contributed by atoms with Crippen LogP contribution in [-0.4, -0.2) is 35.0 Å². The van der Waals surface area contributed by atoms with Crippen molar-refractivity contribution >= 4 is 27.8 Å². The van der Waals surface area contributed by atoms with Crippen LogP contribution in [0.4, 0.5) is 0 Å². The number of aliphatic carboxylic acids is 1. The number of carbonyl (C=O) groups excluding carboxylic acids is 1. The number of rotatable bonds is 5. The Morgan fingerprint density at radius 2 is 2.18 bits per heavy atom. The lowest BCUT2D eigenvalue weighted by Gasteiger charge is -2.24. The van der Waals surface area contributed by atoms with Crippen molar-refractivity contribution in [1.29, 1.82) is 0 Å². The van der Waals surface area contributed by atoms with E-state index in [4.69, 9.17) is 0 Å². The van der Waals surface area contributed by atoms with E-state index in [2.05, 4.69) is 15.9 Å². The summed E-state index contributed by atoms with van der Waals surface area (Å²) in [4.78, 5) is 25.7. The van der Waals surface area contributed by atoms with Crippen molar-refractivity contribution in [3.05, 3.63) is 34.3 Å². The molecule has 0 aromatic heterocycles. The second kappa shape index (κ2) is 6.82. The zero-order valence-corrected chi connectivity index (χ0v) is 14.6. The lowest BCUT2D eigenvalue weighted by molar-refractivity contribution is -0.147. The van der Waals surface area contributed by atoms with E-state index < -0.39 is 11.4 Å². The zero-order chi connectivity index (χ0) is 16.3. The summed E-state index contributed by atoms with van der Waals surface area (Å²) in [5, 5.41) is 9.29. The second-order valence-electron chi connectivity index (χ2n) is 6.31. The van der Waals surface area contributed by atoms with Crippen LogP contribution in [0.3, 0.4) is 0 Å². The molecular weight excluding hydrogens is 346 g/mol. The van der Waals surface area contributed by atoms with Gasteiger partial charge in [-0.15, -0.1) is 0 Å². The lowest BCUT2D eigenvalue weighted by atomic mass is 9.90. The molecule has 0 saturated carbocycles. The highest BCUT2D eigenvalue weighted by Crippen LogP contribution is 2.31. The number of benzene rings is 1. The molecule has 4 nitrogen and oxygen atoms in total. The number of carbonyl (C=O) groups is 2. The maximum Gasteiger partial charge on any atom is 0.311 e. The first kappa shape index (κ1) is 17.0. The predicted molar refractivity (Wildman–Crippen MR) is 88.6 cm³/mol. The summed E-state index contributed by atoms with van der Waals surface area (Å²) in [6, 6.07) is 7.98. The number of hydrogen-bond donors (Lipinski definition) is 1. The first-order valence-corrected chi connectivity index (χ1v) is 8.41. The Morgan fingerprint density at radius 1 is 1.45 bits per heavy atom. The number of carboxylic acid groups (broad SMARTS) is 1. The molecule has 0 aliphatic carbocycles. The van der Waals surface area contributed by atoms with Crippen LogP contribution in [0.5, 0.6) is 0 Å². The van der Waals surface area contributed by atoms with Gasteiger partial charge in [0.2, 0.25) is 5.91 Å². The molecular formula is C17H22BrNO3. The van der Waals surface area contributed by atoms with E-state index in [1.807, 2.05) is 31.2 Å². The Balaban J connectivity index is 2.05. The van der Waals surface area contributed by atoms with Gasteiger partial charge in [0.25, 0.3) is 0 Å². The monoisotopic (exact) mass is 367 g/mol. The smallest absolute Gasteiger partial charge is 0.311 e. The van der Waals surface area contributed by atoms with Crippen molar-refractivity contribution in [1.82, 2.24) is 4.90 Å². The fourth-order valence-corrected chi connectivity index (χ4v) is 3.38. The predicted octanol–water partition coefficient (Wildman–Crippen LogP) is 3.34. The number of amides is 1. The highest BCUT2D eigenvalue weighted by molar-refractivity contribution is 9.10. The number of likely N-dealkylation sites (tertiary alicyclic amines) is 1. The SMILES string of the molecule is CCC(Cc1cccc(Br)c1)C(=O)N1CCC(C)(C(=O)O)C1. The van der Waals surface area contributed by atoms with Crippen molar-refractivity contribution < 1.29 is 14.7 Å². The van der Waals surface area contributed by atoms with Gasteiger partial charge in [-0.1, -0.05) is 35.0 Å². The van der Waals surface area contributed by atoms with Crippen molar-refractivity contribution in [2.75, 3.05) is 13.1 Å². The third kappa shape index (κ3) is 3.69. The number of nitrogens with zero attached hydrogens (tertiary/aromatic N) is 1. The number of halogens is 1. The van der Waals surface area contributed by atoms with Crippen molar-refractivity contribution in [2.45, 2.75) is 33.1 Å². The molecule has 1 amide bonds. The number of hydrogen-bond acceptors (Lipinski definition) is 2. The quantitative estimate of drug-likeness (QED) is 0.867. The minimum absolute atomic E-state index is 0.0763. The molecule has 1 aromatic carbocycles. The molecule has 120 valence electrons. The van der Waals surface area contributed by atoms with Crippen LogP contribution >= 0.6 is 15.9 Å². The van der Waals surface area contributed by atoms with Crippen LogP contribution < -0.4 is 0 Å². The Kier molecular flexibility index (Phi) is 5.27. The topological polar surface area (TPSA) is 57.6 Å². The van der Waals surface area contributed by atoms with Gasteiger partial charge in [0.05, 0.1) is 5.41 Å². The van der Waals surface area contributed by atoms with E-state index in [0.29, 0.717) is 25.9 Å². The molecule has 2 rings (SSSR count). The van der Waals surface area contributed by atoms with E-state index >= 15 is 0 Å². The van der Waals surface area contributed by atoms with Gasteiger partial charge in [0, 0.05) is 23.5 Å². The summed E-state index contributed by atoms with van der Waals surface area (Å²) in [5.74, 6) is -0.833. The van der Waals surface area contributed by atoms with E-state index in [1.54, 1.807) is 11.8 Å². The fourth-order valence-electron chi connectivity index (χ4n) is 2.94. The van der Waals surface area contributed by atoms with E-state index in [9.17, 15) is 14.7 Å². The maximum absolute atomic E-state index is 12.7. The fraction of sp³-hybridized carbons (Fsp3) is 0.529. The summed E-state index contributed by atoms with van der Waals surface area (Å²) in [7, 11) is 0. The average molecular weight is 368 g/mol. The van der Waals surface area contributed by atoms with E-state index in [0.717, 1.165) is 16.5 Å². The highest BCUT2D eigenvalue weighted by atomic mass is 79.9. The molecule has 1 fully saturated rings. The average Bonchev–Trinajstić information content (AvgIpc) is 2.88. The molecule has 1 saturated heterocycles. The van der Waals surface area contributed by atoms with Crippen LogP contribution in [0, 0.1) is 11.3 Å². The third-order valence-corrected chi connectivity index (χ3v) is 5.01. The minimum Gasteiger partial charge on any atom is -0.481 e. The Labute approximate surface area is 139 Å². The summed E-state index contributed by atoms with van der Waals surface area (Å²) >= 11 is 3.45. The third-order valence-electron chi connectivity index (χ3n) is 4.51. The molecule has 2 unspecified atom stereocenters. The molecule has 0 radical (unpaired) electrons. The van der Waals surface area contributed by atoms with Gasteiger partial charge >= 0.3 is 5.97 Å². The molecule has 0 spiro atoms. The van der Waals surface area contributed by atoms with Crippen LogP contribution in [0.1, 0.15) is 32.3 Å².